The van der Waals surface area contributed by atoms with Crippen molar-refractivity contribution in [3.05, 3.63) is 0 Å². The fraction of sp³-hybridized carbons (Fsp3) is 1.00. The molecule has 0 aromatic heterocycles. The van der Waals surface area contributed by atoms with Gasteiger partial charge in [-0.25, -0.2) is 0 Å². The molecule has 0 aromatic carbocycles. The highest BCUT2D eigenvalue weighted by molar-refractivity contribution is 4.39. The van der Waals surface area contributed by atoms with Crippen LogP contribution in [0.5, 0.6) is 0 Å². The minimum Gasteiger partial charge on any atom is -1.00 e. The zero-order valence-corrected chi connectivity index (χ0v) is 14.2. The highest BCUT2D eigenvalue weighted by Crippen LogP contribution is 2.01. The topological polar surface area (TPSA) is 52.0 Å². The summed E-state index contributed by atoms with van der Waals surface area (Å²) in [6.45, 7) is 5.92. The van der Waals surface area contributed by atoms with Gasteiger partial charge < -0.3 is 54.4 Å². The fourth-order valence-electron chi connectivity index (χ4n) is 1.46. The maximum atomic E-state index is 5.57. The Morgan fingerprint density at radius 1 is 0.625 bits per heavy atom. The SMILES string of the molecule is C[N+](C)(CCN)CC[N+](C)(C)CCN.[Br-].[Br-]. The number of nitrogens with two attached hydrogens (primary N) is 2. The van der Waals surface area contributed by atoms with E-state index in [1.165, 1.54) is 0 Å². The van der Waals surface area contributed by atoms with E-state index >= 15 is 0 Å². The third-order valence-corrected chi connectivity index (χ3v) is 2.78. The summed E-state index contributed by atoms with van der Waals surface area (Å²) in [5.74, 6) is 0. The van der Waals surface area contributed by atoms with Crippen LogP contribution in [0.25, 0.3) is 0 Å². The molecule has 0 aliphatic carbocycles. The minimum atomic E-state index is 0. The van der Waals surface area contributed by atoms with Crippen LogP contribution < -0.4 is 45.4 Å². The van der Waals surface area contributed by atoms with Crippen LogP contribution in [-0.4, -0.2) is 76.4 Å². The van der Waals surface area contributed by atoms with Crippen LogP contribution in [0.2, 0.25) is 0 Å². The summed E-state index contributed by atoms with van der Waals surface area (Å²) in [6.07, 6.45) is 0. The molecule has 0 unspecified atom stereocenters. The zero-order chi connectivity index (χ0) is 11.2. The van der Waals surface area contributed by atoms with Crippen molar-refractivity contribution in [2.24, 2.45) is 11.5 Å². The molecular weight excluding hydrogens is 336 g/mol. The lowest BCUT2D eigenvalue weighted by molar-refractivity contribution is -0.944. The van der Waals surface area contributed by atoms with E-state index in [0.29, 0.717) is 0 Å². The molecule has 4 N–H and O–H groups in total. The lowest BCUT2D eigenvalue weighted by Gasteiger charge is -2.35. The van der Waals surface area contributed by atoms with Crippen LogP contribution in [0.1, 0.15) is 0 Å². The van der Waals surface area contributed by atoms with Gasteiger partial charge in [0.25, 0.3) is 0 Å². The second-order valence-electron chi connectivity index (χ2n) is 5.34. The molecule has 0 aliphatic heterocycles. The molecule has 0 heterocycles. The second kappa shape index (κ2) is 9.79. The number of nitrogens with zero attached hydrogens (tertiary/aromatic N) is 2. The summed E-state index contributed by atoms with van der Waals surface area (Å²) < 4.78 is 2.01. The summed E-state index contributed by atoms with van der Waals surface area (Å²) in [7, 11) is 8.93. The molecule has 0 fully saturated rings. The summed E-state index contributed by atoms with van der Waals surface area (Å²) in [4.78, 5) is 0. The van der Waals surface area contributed by atoms with E-state index in [-0.39, 0.29) is 34.0 Å². The van der Waals surface area contributed by atoms with Gasteiger partial charge in [0.2, 0.25) is 0 Å². The van der Waals surface area contributed by atoms with Gasteiger partial charge >= 0.3 is 0 Å². The van der Waals surface area contributed by atoms with Gasteiger partial charge in [0.1, 0.15) is 13.1 Å². The Morgan fingerprint density at radius 2 is 0.875 bits per heavy atom. The van der Waals surface area contributed by atoms with E-state index in [4.69, 9.17) is 11.5 Å². The third-order valence-electron chi connectivity index (χ3n) is 2.78. The van der Waals surface area contributed by atoms with Gasteiger partial charge in [-0.2, -0.15) is 0 Å². The first kappa shape index (κ1) is 22.0. The third kappa shape index (κ3) is 11.3. The summed E-state index contributed by atoms with van der Waals surface area (Å²) in [6, 6.07) is 0. The van der Waals surface area contributed by atoms with E-state index in [2.05, 4.69) is 28.2 Å². The van der Waals surface area contributed by atoms with Crippen molar-refractivity contribution >= 4 is 0 Å². The fourth-order valence-corrected chi connectivity index (χ4v) is 1.46. The highest BCUT2D eigenvalue weighted by atomic mass is 79.9. The maximum Gasteiger partial charge on any atom is 0.128 e. The minimum absolute atomic E-state index is 0. The molecule has 0 spiro atoms. The number of halogens is 2. The quantitative estimate of drug-likeness (QED) is 0.442. The molecule has 0 amide bonds. The summed E-state index contributed by atoms with van der Waals surface area (Å²) >= 11 is 0. The molecule has 0 radical (unpaired) electrons. The van der Waals surface area contributed by atoms with E-state index in [1.807, 2.05) is 0 Å². The van der Waals surface area contributed by atoms with Crippen molar-refractivity contribution in [2.45, 2.75) is 0 Å². The molecule has 0 bridgehead atoms. The Bertz CT molecular complexity index is 145. The van der Waals surface area contributed by atoms with Crippen LogP contribution >= 0.6 is 0 Å². The highest BCUT2D eigenvalue weighted by Gasteiger charge is 2.21. The molecule has 4 nitrogen and oxygen atoms in total. The predicted octanol–water partition coefficient (Wildman–Crippen LogP) is -6.94. The predicted molar refractivity (Wildman–Crippen MR) is 61.8 cm³/mol. The Balaban J connectivity index is -0.000000845. The lowest BCUT2D eigenvalue weighted by Crippen LogP contribution is -3.00. The van der Waals surface area contributed by atoms with E-state index in [1.54, 1.807) is 0 Å². The standard InChI is InChI=1S/C10H28N4.2BrH/c1-13(2,7-5-11)9-10-14(3,4)8-6-12;;/h5-12H2,1-4H3;2*1H/q+2;;/p-2. The summed E-state index contributed by atoms with van der Waals surface area (Å²) in [5.41, 5.74) is 11.1. The van der Waals surface area contributed by atoms with Gasteiger partial charge in [0.15, 0.2) is 0 Å². The van der Waals surface area contributed by atoms with Gasteiger partial charge in [-0.15, -0.1) is 0 Å². The number of rotatable bonds is 7. The van der Waals surface area contributed by atoms with Gasteiger partial charge in [0, 0.05) is 13.1 Å². The van der Waals surface area contributed by atoms with E-state index < -0.39 is 0 Å². The van der Waals surface area contributed by atoms with Crippen LogP contribution in [0, 0.1) is 0 Å². The second-order valence-corrected chi connectivity index (χ2v) is 5.34. The molecular formula is C10H28Br2N4. The number of likely N-dealkylation sites (N-methyl/N-ethyl adjacent to an activating group) is 2. The Kier molecular flexibility index (Phi) is 13.5. The number of hydrogen-bond acceptors (Lipinski definition) is 2. The van der Waals surface area contributed by atoms with Gasteiger partial charge in [-0.3, -0.25) is 0 Å². The molecule has 0 rings (SSSR count). The van der Waals surface area contributed by atoms with E-state index in [0.717, 1.165) is 48.2 Å². The van der Waals surface area contributed by atoms with Crippen LogP contribution in [0.3, 0.4) is 0 Å². The molecule has 0 aliphatic rings. The molecule has 0 saturated carbocycles. The maximum absolute atomic E-state index is 5.57. The molecule has 16 heavy (non-hydrogen) atoms. The number of hydrogen-bond donors (Lipinski definition) is 2. The Hall–Kier alpha value is 0.800. The monoisotopic (exact) mass is 362 g/mol. The largest absolute Gasteiger partial charge is 1.00 e. The van der Waals surface area contributed by atoms with Crippen molar-refractivity contribution in [2.75, 3.05) is 67.5 Å². The van der Waals surface area contributed by atoms with Crippen LogP contribution in [0.15, 0.2) is 0 Å². The molecule has 6 heteroatoms. The number of quaternary nitrogens is 2. The first-order valence-corrected chi connectivity index (χ1v) is 5.37. The van der Waals surface area contributed by atoms with Gasteiger partial charge in [-0.05, 0) is 0 Å². The Morgan fingerprint density at radius 3 is 1.06 bits per heavy atom. The normalized spacial score (nSPS) is 11.6. The van der Waals surface area contributed by atoms with Crippen LogP contribution in [-0.2, 0) is 0 Å². The van der Waals surface area contributed by atoms with Crippen molar-refractivity contribution in [3.63, 3.8) is 0 Å². The average molecular weight is 364 g/mol. The van der Waals surface area contributed by atoms with Crippen molar-refractivity contribution < 1.29 is 42.9 Å². The van der Waals surface area contributed by atoms with Gasteiger partial charge in [0.05, 0.1) is 41.3 Å². The first-order valence-electron chi connectivity index (χ1n) is 5.37. The van der Waals surface area contributed by atoms with Gasteiger partial charge in [-0.1, -0.05) is 0 Å². The summed E-state index contributed by atoms with van der Waals surface area (Å²) in [5, 5.41) is 0. The molecule has 0 atom stereocenters. The van der Waals surface area contributed by atoms with Crippen molar-refractivity contribution in [1.29, 1.82) is 0 Å². The first-order chi connectivity index (χ1) is 6.33. The zero-order valence-electron chi connectivity index (χ0n) is 11.0. The molecule has 102 valence electrons. The smallest absolute Gasteiger partial charge is 0.128 e. The lowest BCUT2D eigenvalue weighted by atomic mass is 10.3. The van der Waals surface area contributed by atoms with Crippen molar-refractivity contribution in [3.8, 4) is 0 Å². The molecule has 0 saturated heterocycles. The average Bonchev–Trinajstić information content (AvgIpc) is 2.01. The van der Waals surface area contributed by atoms with Crippen molar-refractivity contribution in [1.82, 2.24) is 0 Å². The molecule has 0 aromatic rings. The van der Waals surface area contributed by atoms with E-state index in [9.17, 15) is 0 Å². The Labute approximate surface area is 122 Å². The van der Waals surface area contributed by atoms with Crippen LogP contribution in [0.4, 0.5) is 0 Å².